The van der Waals surface area contributed by atoms with Gasteiger partial charge in [-0.3, -0.25) is 14.4 Å². The molecule has 1 N–H and O–H groups in total. The highest BCUT2D eigenvalue weighted by molar-refractivity contribution is 5.90. The molecular formula is C20H38N2O4. The molecule has 0 aliphatic rings. The van der Waals surface area contributed by atoms with Crippen molar-refractivity contribution in [3.63, 3.8) is 0 Å². The first-order valence-corrected chi connectivity index (χ1v) is 10.2. The van der Waals surface area contributed by atoms with E-state index in [4.69, 9.17) is 0 Å². The van der Waals surface area contributed by atoms with Gasteiger partial charge in [0.25, 0.3) is 0 Å². The Labute approximate surface area is 158 Å². The first-order valence-electron chi connectivity index (χ1n) is 10.2. The standard InChI is InChI=1S/C20H38N2O4/c1-5-9-12-13-18(23)22(8-4)17(16-19(24)25)20(26)21(14-10-6-2)15-11-7-3/h17H,5-16H2,1-4H3,(H,24,25)/t17-/m0/s1. The van der Waals surface area contributed by atoms with Crippen molar-refractivity contribution in [2.24, 2.45) is 0 Å². The molecule has 0 aliphatic heterocycles. The van der Waals surface area contributed by atoms with Gasteiger partial charge in [-0.05, 0) is 26.2 Å². The van der Waals surface area contributed by atoms with Crippen molar-refractivity contribution >= 4 is 17.8 Å². The van der Waals surface area contributed by atoms with Crippen LogP contribution in [0.25, 0.3) is 0 Å². The van der Waals surface area contributed by atoms with Crippen molar-refractivity contribution in [2.75, 3.05) is 19.6 Å². The Balaban J connectivity index is 5.32. The average molecular weight is 371 g/mol. The van der Waals surface area contributed by atoms with E-state index in [-0.39, 0.29) is 18.2 Å². The van der Waals surface area contributed by atoms with E-state index in [0.717, 1.165) is 44.9 Å². The van der Waals surface area contributed by atoms with Crippen LogP contribution in [0, 0.1) is 0 Å². The number of amides is 2. The molecule has 0 aromatic rings. The van der Waals surface area contributed by atoms with Gasteiger partial charge in [0.2, 0.25) is 11.8 Å². The third kappa shape index (κ3) is 9.20. The summed E-state index contributed by atoms with van der Waals surface area (Å²) in [7, 11) is 0. The average Bonchev–Trinajstić information content (AvgIpc) is 2.61. The number of unbranched alkanes of at least 4 members (excludes halogenated alkanes) is 4. The zero-order valence-electron chi connectivity index (χ0n) is 17.1. The number of carbonyl (C=O) groups is 3. The van der Waals surface area contributed by atoms with Crippen LogP contribution in [0.3, 0.4) is 0 Å². The first-order chi connectivity index (χ1) is 12.4. The fourth-order valence-electron chi connectivity index (χ4n) is 2.98. The van der Waals surface area contributed by atoms with Crippen molar-refractivity contribution in [3.05, 3.63) is 0 Å². The maximum atomic E-state index is 13.1. The Morgan fingerprint density at radius 1 is 0.846 bits per heavy atom. The van der Waals surface area contributed by atoms with Gasteiger partial charge in [-0.1, -0.05) is 46.5 Å². The number of aliphatic carboxylic acids is 1. The van der Waals surface area contributed by atoms with Crippen LogP contribution in [-0.2, 0) is 14.4 Å². The van der Waals surface area contributed by atoms with Crippen LogP contribution in [0.5, 0.6) is 0 Å². The van der Waals surface area contributed by atoms with Crippen LogP contribution in [-0.4, -0.2) is 58.4 Å². The predicted octanol–water partition coefficient (Wildman–Crippen LogP) is 3.69. The third-order valence-electron chi connectivity index (χ3n) is 4.56. The van der Waals surface area contributed by atoms with Gasteiger partial charge < -0.3 is 14.9 Å². The van der Waals surface area contributed by atoms with Crippen molar-refractivity contribution in [1.29, 1.82) is 0 Å². The molecule has 2 amide bonds. The molecular weight excluding hydrogens is 332 g/mol. The Bertz CT molecular complexity index is 418. The molecule has 0 aromatic carbocycles. The lowest BCUT2D eigenvalue weighted by Crippen LogP contribution is -2.52. The third-order valence-corrected chi connectivity index (χ3v) is 4.56. The molecule has 0 heterocycles. The normalized spacial score (nSPS) is 11.8. The van der Waals surface area contributed by atoms with Gasteiger partial charge >= 0.3 is 5.97 Å². The van der Waals surface area contributed by atoms with Gasteiger partial charge in [-0.15, -0.1) is 0 Å². The molecule has 1 atom stereocenters. The molecule has 0 bridgehead atoms. The molecule has 0 radical (unpaired) electrons. The van der Waals surface area contributed by atoms with Crippen LogP contribution < -0.4 is 0 Å². The second-order valence-electron chi connectivity index (χ2n) is 6.78. The minimum Gasteiger partial charge on any atom is -0.481 e. The van der Waals surface area contributed by atoms with Gasteiger partial charge in [0, 0.05) is 26.1 Å². The molecule has 0 saturated heterocycles. The van der Waals surface area contributed by atoms with E-state index >= 15 is 0 Å². The molecule has 0 spiro atoms. The lowest BCUT2D eigenvalue weighted by molar-refractivity contribution is -0.151. The smallest absolute Gasteiger partial charge is 0.305 e. The Kier molecular flexibility index (Phi) is 13.7. The zero-order valence-corrected chi connectivity index (χ0v) is 17.1. The van der Waals surface area contributed by atoms with Crippen LogP contribution >= 0.6 is 0 Å². The largest absolute Gasteiger partial charge is 0.481 e. The van der Waals surface area contributed by atoms with Crippen LogP contribution in [0.1, 0.15) is 85.5 Å². The van der Waals surface area contributed by atoms with Gasteiger partial charge in [0.15, 0.2) is 0 Å². The van der Waals surface area contributed by atoms with Gasteiger partial charge in [-0.25, -0.2) is 0 Å². The molecule has 0 aromatic heterocycles. The van der Waals surface area contributed by atoms with E-state index in [1.165, 1.54) is 4.90 Å². The zero-order chi connectivity index (χ0) is 19.9. The fourth-order valence-corrected chi connectivity index (χ4v) is 2.98. The van der Waals surface area contributed by atoms with Crippen molar-refractivity contribution in [2.45, 2.75) is 91.5 Å². The molecule has 6 nitrogen and oxygen atoms in total. The molecule has 0 saturated carbocycles. The lowest BCUT2D eigenvalue weighted by Gasteiger charge is -2.34. The monoisotopic (exact) mass is 370 g/mol. The minimum absolute atomic E-state index is 0.119. The number of rotatable bonds is 15. The Morgan fingerprint density at radius 3 is 1.81 bits per heavy atom. The maximum Gasteiger partial charge on any atom is 0.305 e. The second kappa shape index (κ2) is 14.6. The molecule has 0 rings (SSSR count). The van der Waals surface area contributed by atoms with E-state index in [0.29, 0.717) is 26.1 Å². The number of carboxylic acid groups (broad SMARTS) is 1. The summed E-state index contributed by atoms with van der Waals surface area (Å²) < 4.78 is 0. The predicted molar refractivity (Wildman–Crippen MR) is 104 cm³/mol. The molecule has 152 valence electrons. The number of carboxylic acids is 1. The highest BCUT2D eigenvalue weighted by atomic mass is 16.4. The lowest BCUT2D eigenvalue weighted by atomic mass is 10.1. The molecule has 0 aliphatic carbocycles. The van der Waals surface area contributed by atoms with Crippen molar-refractivity contribution in [1.82, 2.24) is 9.80 Å². The number of hydrogen-bond acceptors (Lipinski definition) is 3. The van der Waals surface area contributed by atoms with E-state index in [9.17, 15) is 19.5 Å². The minimum atomic E-state index is -1.05. The summed E-state index contributed by atoms with van der Waals surface area (Å²) in [5.41, 5.74) is 0. The number of hydrogen-bond donors (Lipinski definition) is 1. The summed E-state index contributed by atoms with van der Waals surface area (Å²) in [6.45, 7) is 9.59. The Hall–Kier alpha value is -1.59. The van der Waals surface area contributed by atoms with Crippen LogP contribution in [0.4, 0.5) is 0 Å². The quantitative estimate of drug-likeness (QED) is 0.446. The van der Waals surface area contributed by atoms with E-state index in [1.807, 2.05) is 6.92 Å². The van der Waals surface area contributed by atoms with E-state index in [2.05, 4.69) is 20.8 Å². The topological polar surface area (TPSA) is 77.9 Å². The van der Waals surface area contributed by atoms with Crippen LogP contribution in [0.2, 0.25) is 0 Å². The number of nitrogens with zero attached hydrogens (tertiary/aromatic N) is 2. The first kappa shape index (κ1) is 24.4. The summed E-state index contributed by atoms with van der Waals surface area (Å²) in [4.78, 5) is 40.3. The van der Waals surface area contributed by atoms with Gasteiger partial charge in [0.1, 0.15) is 6.04 Å². The highest BCUT2D eigenvalue weighted by Gasteiger charge is 2.33. The second-order valence-corrected chi connectivity index (χ2v) is 6.78. The molecule has 26 heavy (non-hydrogen) atoms. The number of likely N-dealkylation sites (N-methyl/N-ethyl adjacent to an activating group) is 1. The highest BCUT2D eigenvalue weighted by Crippen LogP contribution is 2.14. The summed E-state index contributed by atoms with van der Waals surface area (Å²) in [5, 5.41) is 9.30. The van der Waals surface area contributed by atoms with E-state index < -0.39 is 12.0 Å². The van der Waals surface area contributed by atoms with Crippen LogP contribution in [0.15, 0.2) is 0 Å². The number of carbonyl (C=O) groups excluding carboxylic acids is 2. The summed E-state index contributed by atoms with van der Waals surface area (Å²) in [5.74, 6) is -1.39. The molecule has 0 unspecified atom stereocenters. The van der Waals surface area contributed by atoms with Gasteiger partial charge in [-0.2, -0.15) is 0 Å². The Morgan fingerprint density at radius 2 is 1.38 bits per heavy atom. The van der Waals surface area contributed by atoms with Crippen molar-refractivity contribution < 1.29 is 19.5 Å². The maximum absolute atomic E-state index is 13.1. The molecule has 0 fully saturated rings. The fraction of sp³-hybridized carbons (Fsp3) is 0.850. The summed E-state index contributed by atoms with van der Waals surface area (Å²) in [6, 6.07) is -0.902. The van der Waals surface area contributed by atoms with Crippen molar-refractivity contribution in [3.8, 4) is 0 Å². The summed E-state index contributed by atoms with van der Waals surface area (Å²) in [6.07, 6.45) is 6.47. The van der Waals surface area contributed by atoms with Gasteiger partial charge in [0.05, 0.1) is 6.42 Å². The summed E-state index contributed by atoms with van der Waals surface area (Å²) >= 11 is 0. The SMILES string of the molecule is CCCCCC(=O)N(CC)[C@@H](CC(=O)O)C(=O)N(CCCC)CCCC. The van der Waals surface area contributed by atoms with E-state index in [1.54, 1.807) is 4.90 Å². The molecule has 6 heteroatoms.